The molecule has 0 bridgehead atoms. The fourth-order valence-electron chi connectivity index (χ4n) is 2.72. The summed E-state index contributed by atoms with van der Waals surface area (Å²) in [6.07, 6.45) is 3.42. The molecule has 1 N–H and O–H groups in total. The molecule has 0 aliphatic carbocycles. The van der Waals surface area contributed by atoms with Crippen LogP contribution in [0.5, 0.6) is 5.75 Å². The van der Waals surface area contributed by atoms with Crippen molar-refractivity contribution in [2.24, 2.45) is 7.05 Å². The maximum Gasteiger partial charge on any atom is 0.318 e. The Morgan fingerprint density at radius 3 is 2.92 bits per heavy atom. The lowest BCUT2D eigenvalue weighted by Crippen LogP contribution is -2.44. The van der Waals surface area contributed by atoms with Crippen molar-refractivity contribution in [3.63, 3.8) is 0 Å². The highest BCUT2D eigenvalue weighted by Gasteiger charge is 2.29. The summed E-state index contributed by atoms with van der Waals surface area (Å²) in [6.45, 7) is 1.38. The van der Waals surface area contributed by atoms with Gasteiger partial charge >= 0.3 is 6.03 Å². The molecule has 1 aliphatic heterocycles. The highest BCUT2D eigenvalue weighted by Crippen LogP contribution is 2.19. The van der Waals surface area contributed by atoms with Crippen molar-refractivity contribution in [3.8, 4) is 5.75 Å². The highest BCUT2D eigenvalue weighted by atomic mass is 19.1. The number of aromatic nitrogens is 3. The molecule has 7 nitrogen and oxygen atoms in total. The van der Waals surface area contributed by atoms with Crippen LogP contribution < -0.4 is 10.1 Å². The lowest BCUT2D eigenvalue weighted by molar-refractivity contribution is 0.165. The van der Waals surface area contributed by atoms with Crippen LogP contribution in [0.2, 0.25) is 0 Å². The number of carbonyl (C=O) groups excluding carboxylic acids is 1. The lowest BCUT2D eigenvalue weighted by atomic mass is 10.2. The van der Waals surface area contributed by atoms with Crippen molar-refractivity contribution in [3.05, 3.63) is 42.2 Å². The molecule has 1 aromatic carbocycles. The summed E-state index contributed by atoms with van der Waals surface area (Å²) >= 11 is 0. The third kappa shape index (κ3) is 4.01. The number of rotatable bonds is 5. The second-order valence-corrected chi connectivity index (χ2v) is 5.75. The standard InChI is InChI=1S/C16H20FN5O2/c1-21-11-19-15(20-21)9-18-16(23)22-8-2-3-13(22)10-24-14-6-4-12(17)5-7-14/h4-7,11,13H,2-3,8-10H2,1H3,(H,18,23)/t13-/m0/s1. The fraction of sp³-hybridized carbons (Fsp3) is 0.438. The summed E-state index contributed by atoms with van der Waals surface area (Å²) < 4.78 is 20.2. The van der Waals surface area contributed by atoms with Gasteiger partial charge in [-0.3, -0.25) is 4.68 Å². The Morgan fingerprint density at radius 1 is 1.42 bits per heavy atom. The first-order valence-electron chi connectivity index (χ1n) is 7.89. The Labute approximate surface area is 139 Å². The predicted octanol–water partition coefficient (Wildman–Crippen LogP) is 1.71. The summed E-state index contributed by atoms with van der Waals surface area (Å²) in [5, 5.41) is 6.96. The number of hydrogen-bond acceptors (Lipinski definition) is 4. The number of carbonyl (C=O) groups is 1. The average molecular weight is 333 g/mol. The van der Waals surface area contributed by atoms with Gasteiger partial charge in [0, 0.05) is 13.6 Å². The molecule has 8 heteroatoms. The second-order valence-electron chi connectivity index (χ2n) is 5.75. The van der Waals surface area contributed by atoms with E-state index in [-0.39, 0.29) is 17.9 Å². The molecular formula is C16H20FN5O2. The van der Waals surface area contributed by atoms with Crippen LogP contribution in [0.4, 0.5) is 9.18 Å². The molecular weight excluding hydrogens is 313 g/mol. The van der Waals surface area contributed by atoms with Gasteiger partial charge in [0.2, 0.25) is 0 Å². The van der Waals surface area contributed by atoms with Gasteiger partial charge in [-0.05, 0) is 37.1 Å². The van der Waals surface area contributed by atoms with Crippen LogP contribution in [0.15, 0.2) is 30.6 Å². The van der Waals surface area contributed by atoms with E-state index in [1.54, 1.807) is 35.1 Å². The van der Waals surface area contributed by atoms with E-state index >= 15 is 0 Å². The molecule has 0 saturated carbocycles. The van der Waals surface area contributed by atoms with Gasteiger partial charge in [-0.15, -0.1) is 0 Å². The third-order valence-electron chi connectivity index (χ3n) is 3.94. The van der Waals surface area contributed by atoms with Crippen molar-refractivity contribution >= 4 is 6.03 Å². The first-order chi connectivity index (χ1) is 11.6. The summed E-state index contributed by atoms with van der Waals surface area (Å²) in [5.41, 5.74) is 0. The number of ether oxygens (including phenoxy) is 1. The number of amides is 2. The van der Waals surface area contributed by atoms with Gasteiger partial charge < -0.3 is 15.0 Å². The Morgan fingerprint density at radius 2 is 2.21 bits per heavy atom. The Bertz CT molecular complexity index is 688. The monoisotopic (exact) mass is 333 g/mol. The van der Waals surface area contributed by atoms with Gasteiger partial charge in [-0.25, -0.2) is 14.2 Å². The van der Waals surface area contributed by atoms with Crippen molar-refractivity contribution in [2.45, 2.75) is 25.4 Å². The maximum absolute atomic E-state index is 12.9. The van der Waals surface area contributed by atoms with Gasteiger partial charge in [-0.2, -0.15) is 5.10 Å². The van der Waals surface area contributed by atoms with Crippen LogP contribution in [0.1, 0.15) is 18.7 Å². The van der Waals surface area contributed by atoms with Crippen molar-refractivity contribution in [1.29, 1.82) is 0 Å². The summed E-state index contributed by atoms with van der Waals surface area (Å²) in [6, 6.07) is 5.74. The van der Waals surface area contributed by atoms with E-state index in [4.69, 9.17) is 4.74 Å². The molecule has 2 heterocycles. The fourth-order valence-corrected chi connectivity index (χ4v) is 2.72. The number of nitrogens with one attached hydrogen (secondary N) is 1. The number of benzene rings is 1. The summed E-state index contributed by atoms with van der Waals surface area (Å²) in [4.78, 5) is 18.2. The summed E-state index contributed by atoms with van der Waals surface area (Å²) in [7, 11) is 1.78. The molecule has 3 rings (SSSR count). The lowest BCUT2D eigenvalue weighted by Gasteiger charge is -2.24. The van der Waals surface area contributed by atoms with Crippen LogP contribution in [-0.4, -0.2) is 44.9 Å². The van der Waals surface area contributed by atoms with E-state index in [1.165, 1.54) is 12.1 Å². The minimum absolute atomic E-state index is 0.00625. The van der Waals surface area contributed by atoms with Crippen LogP contribution in [0, 0.1) is 5.82 Å². The second kappa shape index (κ2) is 7.29. The average Bonchev–Trinajstić information content (AvgIpc) is 3.21. The zero-order valence-electron chi connectivity index (χ0n) is 13.5. The van der Waals surface area contributed by atoms with Gasteiger partial charge in [0.1, 0.15) is 24.5 Å². The molecule has 2 aromatic rings. The Balaban J connectivity index is 1.50. The zero-order valence-corrected chi connectivity index (χ0v) is 13.5. The first-order valence-corrected chi connectivity index (χ1v) is 7.89. The minimum Gasteiger partial charge on any atom is -0.491 e. The highest BCUT2D eigenvalue weighted by molar-refractivity contribution is 5.74. The van der Waals surface area contributed by atoms with Gasteiger partial charge in [0.15, 0.2) is 5.82 Å². The van der Waals surface area contributed by atoms with Gasteiger partial charge in [-0.1, -0.05) is 0 Å². The maximum atomic E-state index is 12.9. The SMILES string of the molecule is Cn1cnc(CNC(=O)N2CCC[C@H]2COc2ccc(F)cc2)n1. The Kier molecular flexibility index (Phi) is 4.93. The molecule has 1 fully saturated rings. The Hall–Kier alpha value is -2.64. The van der Waals surface area contributed by atoms with Crippen LogP contribution >= 0.6 is 0 Å². The van der Waals surface area contributed by atoms with E-state index in [9.17, 15) is 9.18 Å². The summed E-state index contributed by atoms with van der Waals surface area (Å²) in [5.74, 6) is 0.873. The molecule has 2 amide bonds. The minimum atomic E-state index is -0.299. The number of halogens is 1. The van der Waals surface area contributed by atoms with E-state index < -0.39 is 0 Å². The van der Waals surface area contributed by atoms with E-state index in [0.717, 1.165) is 12.8 Å². The zero-order chi connectivity index (χ0) is 16.9. The molecule has 1 saturated heterocycles. The molecule has 1 aliphatic rings. The molecule has 1 aromatic heterocycles. The van der Waals surface area contributed by atoms with Gasteiger partial charge in [0.25, 0.3) is 0 Å². The molecule has 128 valence electrons. The van der Waals surface area contributed by atoms with Crippen molar-refractivity contribution in [1.82, 2.24) is 25.0 Å². The van der Waals surface area contributed by atoms with E-state index in [1.807, 2.05) is 0 Å². The van der Waals surface area contributed by atoms with Gasteiger partial charge in [0.05, 0.1) is 12.6 Å². The quantitative estimate of drug-likeness (QED) is 0.904. The number of aryl methyl sites for hydroxylation is 1. The first kappa shape index (κ1) is 16.2. The third-order valence-corrected chi connectivity index (χ3v) is 3.94. The van der Waals surface area contributed by atoms with E-state index in [2.05, 4.69) is 15.4 Å². The largest absolute Gasteiger partial charge is 0.491 e. The molecule has 0 radical (unpaired) electrons. The topological polar surface area (TPSA) is 72.3 Å². The van der Waals surface area contributed by atoms with Crippen molar-refractivity contribution in [2.75, 3.05) is 13.2 Å². The molecule has 24 heavy (non-hydrogen) atoms. The smallest absolute Gasteiger partial charge is 0.318 e. The number of hydrogen-bond donors (Lipinski definition) is 1. The van der Waals surface area contributed by atoms with Crippen molar-refractivity contribution < 1.29 is 13.9 Å². The number of likely N-dealkylation sites (tertiary alicyclic amines) is 1. The van der Waals surface area contributed by atoms with E-state index in [0.29, 0.717) is 31.3 Å². The predicted molar refractivity (Wildman–Crippen MR) is 84.9 cm³/mol. The van der Waals surface area contributed by atoms with Crippen LogP contribution in [0.25, 0.3) is 0 Å². The normalized spacial score (nSPS) is 17.1. The van der Waals surface area contributed by atoms with Crippen LogP contribution in [-0.2, 0) is 13.6 Å². The molecule has 0 unspecified atom stereocenters. The number of nitrogens with zero attached hydrogens (tertiary/aromatic N) is 4. The van der Waals surface area contributed by atoms with Crippen LogP contribution in [0.3, 0.4) is 0 Å². The molecule has 1 atom stereocenters. The molecule has 0 spiro atoms. The number of urea groups is 1.